The first-order valence-electron chi connectivity index (χ1n) is 14.2. The van der Waals surface area contributed by atoms with Gasteiger partial charge < -0.3 is 14.8 Å². The second-order valence-electron chi connectivity index (χ2n) is 11.9. The van der Waals surface area contributed by atoms with Crippen molar-refractivity contribution in [2.75, 3.05) is 12.4 Å². The third-order valence-electron chi connectivity index (χ3n) is 7.83. The van der Waals surface area contributed by atoms with Crippen molar-refractivity contribution in [2.45, 2.75) is 53.6 Å². The molecule has 5 rings (SSSR count). The van der Waals surface area contributed by atoms with Crippen LogP contribution in [0, 0.1) is 18.3 Å². The Balaban J connectivity index is 1.41. The van der Waals surface area contributed by atoms with E-state index in [-0.39, 0.29) is 11.3 Å². The van der Waals surface area contributed by atoms with Gasteiger partial charge in [-0.05, 0) is 96.7 Å². The first-order valence-corrected chi connectivity index (χ1v) is 15.4. The average molecular weight is 601 g/mol. The molecule has 4 aromatic rings. The molecule has 1 amide bonds. The summed E-state index contributed by atoms with van der Waals surface area (Å²) in [6.07, 6.45) is 4.68. The minimum atomic E-state index is -0.145. The molecule has 1 heterocycles. The third-order valence-corrected chi connectivity index (χ3v) is 9.25. The number of nitrogens with one attached hydrogen (secondary N) is 1. The highest BCUT2D eigenvalue weighted by Crippen LogP contribution is 2.45. The van der Waals surface area contributed by atoms with E-state index in [0.29, 0.717) is 40.3 Å². The number of ether oxygens (including phenoxy) is 2. The number of amides is 1. The van der Waals surface area contributed by atoms with Gasteiger partial charge in [0.1, 0.15) is 11.6 Å². The summed E-state index contributed by atoms with van der Waals surface area (Å²) in [4.78, 5) is 19.8. The van der Waals surface area contributed by atoms with Crippen molar-refractivity contribution in [1.82, 2.24) is 0 Å². The number of hydrogen-bond donors (Lipinski definition) is 1. The van der Waals surface area contributed by atoms with Crippen LogP contribution in [0.1, 0.15) is 64.7 Å². The molecule has 0 radical (unpaired) electrons. The van der Waals surface area contributed by atoms with Gasteiger partial charge in [0.05, 0.1) is 12.7 Å². The quantitative estimate of drug-likeness (QED) is 0.205. The number of halogens is 1. The molecular formula is C35H37ClN2O3S. The van der Waals surface area contributed by atoms with Crippen LogP contribution >= 0.6 is 22.9 Å². The number of aliphatic imine (C=N–C) groups is 1. The molecule has 1 aliphatic carbocycles. The van der Waals surface area contributed by atoms with Gasteiger partial charge in [0.15, 0.2) is 11.5 Å². The molecule has 218 valence electrons. The van der Waals surface area contributed by atoms with Crippen LogP contribution in [0.3, 0.4) is 0 Å². The molecule has 0 saturated heterocycles. The highest BCUT2D eigenvalue weighted by molar-refractivity contribution is 7.16. The Hall–Kier alpha value is -3.61. The van der Waals surface area contributed by atoms with E-state index in [9.17, 15) is 4.79 Å². The van der Waals surface area contributed by atoms with Gasteiger partial charge in [-0.2, -0.15) is 0 Å². The molecule has 0 fully saturated rings. The number of carbonyl (C=O) groups is 1. The van der Waals surface area contributed by atoms with Gasteiger partial charge in [0, 0.05) is 21.8 Å². The summed E-state index contributed by atoms with van der Waals surface area (Å²) >= 11 is 7.68. The lowest BCUT2D eigenvalue weighted by atomic mass is 9.72. The number of nitrogens with zero attached hydrogens (tertiary/aromatic N) is 1. The molecule has 1 N–H and O–H groups in total. The molecule has 1 aromatic heterocycles. The SMILES string of the molecule is COc1cc(C=Nc2sc3c(c2C(=O)Nc2ccc(Cl)cc2)CC[C@H](C(C)(C)C)C3)ccc1OCc1ccc(C)cc1. The predicted octanol–water partition coefficient (Wildman–Crippen LogP) is 9.45. The van der Waals surface area contributed by atoms with Crippen LogP contribution in [0.2, 0.25) is 5.02 Å². The number of carbonyl (C=O) groups excluding carboxylic acids is 1. The summed E-state index contributed by atoms with van der Waals surface area (Å²) in [5, 5.41) is 4.40. The smallest absolute Gasteiger partial charge is 0.259 e. The van der Waals surface area contributed by atoms with Crippen molar-refractivity contribution in [3.8, 4) is 11.5 Å². The molecule has 3 aromatic carbocycles. The fourth-order valence-corrected chi connectivity index (χ4v) is 6.62. The number of hydrogen-bond acceptors (Lipinski definition) is 5. The Morgan fingerprint density at radius 1 is 1.07 bits per heavy atom. The average Bonchev–Trinajstić information content (AvgIpc) is 3.34. The summed E-state index contributed by atoms with van der Waals surface area (Å²) in [6.45, 7) is 9.41. The van der Waals surface area contributed by atoms with E-state index in [2.05, 4.69) is 57.3 Å². The summed E-state index contributed by atoms with van der Waals surface area (Å²) in [5.74, 6) is 1.71. The van der Waals surface area contributed by atoms with Crippen molar-refractivity contribution in [3.05, 3.63) is 104 Å². The van der Waals surface area contributed by atoms with Crippen molar-refractivity contribution < 1.29 is 14.3 Å². The van der Waals surface area contributed by atoms with Crippen LogP contribution in [-0.4, -0.2) is 19.2 Å². The molecule has 0 unspecified atom stereocenters. The lowest BCUT2D eigenvalue weighted by Gasteiger charge is -2.33. The summed E-state index contributed by atoms with van der Waals surface area (Å²) in [7, 11) is 1.63. The zero-order chi connectivity index (χ0) is 29.9. The third kappa shape index (κ3) is 7.05. The van der Waals surface area contributed by atoms with Crippen LogP contribution in [0.4, 0.5) is 10.7 Å². The minimum absolute atomic E-state index is 0.145. The second-order valence-corrected chi connectivity index (χ2v) is 13.4. The normalized spacial score (nSPS) is 15.0. The van der Waals surface area contributed by atoms with Crippen LogP contribution in [-0.2, 0) is 19.4 Å². The zero-order valence-electron chi connectivity index (χ0n) is 24.8. The lowest BCUT2D eigenvalue weighted by Crippen LogP contribution is -2.27. The highest BCUT2D eigenvalue weighted by Gasteiger charge is 2.33. The molecule has 0 bridgehead atoms. The van der Waals surface area contributed by atoms with Gasteiger partial charge in [-0.15, -0.1) is 11.3 Å². The van der Waals surface area contributed by atoms with Gasteiger partial charge >= 0.3 is 0 Å². The number of methoxy groups -OCH3 is 1. The number of aryl methyl sites for hydroxylation is 1. The van der Waals surface area contributed by atoms with E-state index in [1.165, 1.54) is 10.4 Å². The molecule has 0 saturated carbocycles. The molecule has 0 spiro atoms. The van der Waals surface area contributed by atoms with Gasteiger partial charge in [0.2, 0.25) is 0 Å². The molecule has 5 nitrogen and oxygen atoms in total. The van der Waals surface area contributed by atoms with Crippen molar-refractivity contribution in [3.63, 3.8) is 0 Å². The van der Waals surface area contributed by atoms with Crippen LogP contribution in [0.15, 0.2) is 71.7 Å². The molecule has 7 heteroatoms. The number of rotatable bonds is 8. The predicted molar refractivity (Wildman–Crippen MR) is 174 cm³/mol. The summed E-state index contributed by atoms with van der Waals surface area (Å²) in [6, 6.07) is 21.2. The van der Waals surface area contributed by atoms with E-state index in [1.807, 2.05) is 30.3 Å². The van der Waals surface area contributed by atoms with Crippen LogP contribution in [0.5, 0.6) is 11.5 Å². The Morgan fingerprint density at radius 2 is 1.81 bits per heavy atom. The Kier molecular flexibility index (Phi) is 9.05. The zero-order valence-corrected chi connectivity index (χ0v) is 26.4. The fraction of sp³-hybridized carbons (Fsp3) is 0.314. The number of thiophene rings is 1. The van der Waals surface area contributed by atoms with Crippen molar-refractivity contribution in [2.24, 2.45) is 16.3 Å². The van der Waals surface area contributed by atoms with Crippen LogP contribution in [0.25, 0.3) is 0 Å². The molecule has 0 aliphatic heterocycles. The van der Waals surface area contributed by atoms with E-state index in [0.717, 1.165) is 41.0 Å². The monoisotopic (exact) mass is 600 g/mol. The van der Waals surface area contributed by atoms with E-state index in [4.69, 9.17) is 26.1 Å². The maximum absolute atomic E-state index is 13.6. The summed E-state index contributed by atoms with van der Waals surface area (Å²) in [5.41, 5.74) is 5.86. The lowest BCUT2D eigenvalue weighted by molar-refractivity contribution is 0.102. The molecule has 1 aliphatic rings. The van der Waals surface area contributed by atoms with Gasteiger partial charge in [-0.25, -0.2) is 4.99 Å². The van der Waals surface area contributed by atoms with Gasteiger partial charge in [-0.3, -0.25) is 4.79 Å². The molecule has 1 atom stereocenters. The van der Waals surface area contributed by atoms with Crippen molar-refractivity contribution >= 4 is 45.7 Å². The fourth-order valence-electron chi connectivity index (χ4n) is 5.22. The summed E-state index contributed by atoms with van der Waals surface area (Å²) < 4.78 is 11.7. The number of fused-ring (bicyclic) bond motifs is 1. The van der Waals surface area contributed by atoms with E-state index in [1.54, 1.807) is 36.8 Å². The van der Waals surface area contributed by atoms with Crippen molar-refractivity contribution in [1.29, 1.82) is 0 Å². The Bertz CT molecular complexity index is 1580. The second kappa shape index (κ2) is 12.7. The Labute approximate surface area is 257 Å². The topological polar surface area (TPSA) is 59.9 Å². The van der Waals surface area contributed by atoms with E-state index >= 15 is 0 Å². The van der Waals surface area contributed by atoms with Gasteiger partial charge in [0.25, 0.3) is 5.91 Å². The van der Waals surface area contributed by atoms with E-state index < -0.39 is 0 Å². The first-order chi connectivity index (χ1) is 20.1. The standard InChI is InChI=1S/C35H37ClN2O3S/c1-22-6-8-23(9-7-22)21-41-29-17-10-24(18-30(29)40-5)20-37-34-32(33(39)38-27-14-12-26(36)13-15-27)28-16-11-25(35(2,3)4)19-31(28)42-34/h6-10,12-15,17-18,20,25H,11,16,19,21H2,1-5H3,(H,38,39)/t25-/m0/s1. The number of anilines is 1. The molecular weight excluding hydrogens is 564 g/mol. The first kappa shape index (κ1) is 29.9. The number of benzene rings is 3. The Morgan fingerprint density at radius 3 is 2.50 bits per heavy atom. The maximum Gasteiger partial charge on any atom is 0.259 e. The minimum Gasteiger partial charge on any atom is -0.493 e. The largest absolute Gasteiger partial charge is 0.493 e. The van der Waals surface area contributed by atoms with Crippen LogP contribution < -0.4 is 14.8 Å². The molecule has 42 heavy (non-hydrogen) atoms. The maximum atomic E-state index is 13.6. The van der Waals surface area contributed by atoms with Gasteiger partial charge in [-0.1, -0.05) is 62.2 Å². The highest BCUT2D eigenvalue weighted by atomic mass is 35.5.